The van der Waals surface area contributed by atoms with Crippen molar-refractivity contribution in [2.75, 3.05) is 12.4 Å². The maximum Gasteiger partial charge on any atom is 0.337 e. The minimum atomic E-state index is -0.382. The third-order valence-electron chi connectivity index (χ3n) is 3.58. The van der Waals surface area contributed by atoms with Crippen LogP contribution in [-0.4, -0.2) is 30.0 Å². The number of hydrogen-bond acceptors (Lipinski definition) is 5. The second kappa shape index (κ2) is 8.10. The van der Waals surface area contributed by atoms with E-state index in [0.717, 1.165) is 12.1 Å². The van der Waals surface area contributed by atoms with E-state index in [1.54, 1.807) is 36.5 Å². The molecule has 126 valence electrons. The second-order valence-corrected chi connectivity index (χ2v) is 5.44. The van der Waals surface area contributed by atoms with Gasteiger partial charge in [0.25, 0.3) is 5.91 Å². The molecule has 0 bridgehead atoms. The summed E-state index contributed by atoms with van der Waals surface area (Å²) in [5.74, 6) is -0.534. The van der Waals surface area contributed by atoms with Crippen molar-refractivity contribution in [3.8, 4) is 0 Å². The van der Waals surface area contributed by atoms with Crippen molar-refractivity contribution >= 4 is 23.3 Å². The lowest BCUT2D eigenvalue weighted by Gasteiger charge is -2.12. The van der Waals surface area contributed by atoms with Crippen LogP contribution >= 0.6 is 0 Å². The zero-order valence-corrected chi connectivity index (χ0v) is 14.0. The first-order valence-electron chi connectivity index (χ1n) is 7.74. The van der Waals surface area contributed by atoms with Gasteiger partial charge in [-0.25, -0.2) is 4.79 Å². The molecule has 0 saturated heterocycles. The van der Waals surface area contributed by atoms with Crippen LogP contribution in [0.15, 0.2) is 42.7 Å². The van der Waals surface area contributed by atoms with E-state index in [4.69, 9.17) is 0 Å². The number of amides is 1. The van der Waals surface area contributed by atoms with Gasteiger partial charge in [-0.15, -0.1) is 0 Å². The number of pyridine rings is 1. The van der Waals surface area contributed by atoms with Gasteiger partial charge in [0.15, 0.2) is 0 Å². The highest BCUT2D eigenvalue weighted by Gasteiger charge is 2.10. The number of methoxy groups -OCH3 is 1. The first-order valence-corrected chi connectivity index (χ1v) is 7.74. The molecule has 1 atom stereocenters. The molecule has 1 amide bonds. The standard InChI is InChI=1S/C18H21N3O3/c1-4-12(2)20-17(22)14-9-16(11-19-10-14)21-15-7-5-13(6-8-15)18(23)24-3/h5-12,21H,4H2,1-3H3,(H,20,22). The Morgan fingerprint density at radius 2 is 1.83 bits per heavy atom. The van der Waals surface area contributed by atoms with Gasteiger partial charge in [-0.3, -0.25) is 9.78 Å². The highest BCUT2D eigenvalue weighted by Crippen LogP contribution is 2.18. The third kappa shape index (κ3) is 4.55. The van der Waals surface area contributed by atoms with Crippen LogP contribution < -0.4 is 10.6 Å². The number of rotatable bonds is 6. The quantitative estimate of drug-likeness (QED) is 0.797. The maximum absolute atomic E-state index is 12.1. The monoisotopic (exact) mass is 327 g/mol. The van der Waals surface area contributed by atoms with Crippen molar-refractivity contribution in [1.29, 1.82) is 0 Å². The van der Waals surface area contributed by atoms with Gasteiger partial charge in [-0.2, -0.15) is 0 Å². The molecule has 1 aromatic carbocycles. The molecule has 6 nitrogen and oxygen atoms in total. The average molecular weight is 327 g/mol. The van der Waals surface area contributed by atoms with Gasteiger partial charge >= 0.3 is 5.97 Å². The number of carbonyl (C=O) groups is 2. The molecule has 2 aromatic rings. The van der Waals surface area contributed by atoms with Gasteiger partial charge < -0.3 is 15.4 Å². The van der Waals surface area contributed by atoms with Crippen LogP contribution in [0.2, 0.25) is 0 Å². The lowest BCUT2D eigenvalue weighted by Crippen LogP contribution is -2.31. The molecule has 2 N–H and O–H groups in total. The Balaban J connectivity index is 2.09. The topological polar surface area (TPSA) is 80.3 Å². The Morgan fingerprint density at radius 3 is 2.46 bits per heavy atom. The van der Waals surface area contributed by atoms with E-state index in [-0.39, 0.29) is 17.9 Å². The molecule has 0 saturated carbocycles. The maximum atomic E-state index is 12.1. The number of nitrogens with one attached hydrogen (secondary N) is 2. The van der Waals surface area contributed by atoms with Gasteiger partial charge in [0.05, 0.1) is 30.1 Å². The van der Waals surface area contributed by atoms with Crippen molar-refractivity contribution in [2.45, 2.75) is 26.3 Å². The molecule has 6 heteroatoms. The lowest BCUT2D eigenvalue weighted by molar-refractivity contribution is 0.0600. The minimum absolute atomic E-state index is 0.111. The Bertz CT molecular complexity index is 714. The predicted molar refractivity (Wildman–Crippen MR) is 92.5 cm³/mol. The third-order valence-corrected chi connectivity index (χ3v) is 3.58. The van der Waals surface area contributed by atoms with Crippen LogP contribution in [0.25, 0.3) is 0 Å². The van der Waals surface area contributed by atoms with Crippen molar-refractivity contribution in [3.63, 3.8) is 0 Å². The normalized spacial score (nSPS) is 11.5. The fourth-order valence-corrected chi connectivity index (χ4v) is 2.02. The Labute approximate surface area is 141 Å². The summed E-state index contributed by atoms with van der Waals surface area (Å²) >= 11 is 0. The van der Waals surface area contributed by atoms with E-state index in [0.29, 0.717) is 16.8 Å². The number of anilines is 2. The number of esters is 1. The SMILES string of the molecule is CCC(C)NC(=O)c1cncc(Nc2ccc(C(=O)OC)cc2)c1. The molecule has 0 aliphatic rings. The highest BCUT2D eigenvalue weighted by molar-refractivity contribution is 5.95. The largest absolute Gasteiger partial charge is 0.465 e. The zero-order chi connectivity index (χ0) is 17.5. The number of nitrogens with zero attached hydrogens (tertiary/aromatic N) is 1. The number of hydrogen-bond donors (Lipinski definition) is 2. The van der Waals surface area contributed by atoms with E-state index >= 15 is 0 Å². The molecule has 0 fully saturated rings. The first kappa shape index (κ1) is 17.5. The fraction of sp³-hybridized carbons (Fsp3) is 0.278. The van der Waals surface area contributed by atoms with E-state index in [1.165, 1.54) is 13.3 Å². The van der Waals surface area contributed by atoms with Gasteiger partial charge in [0.1, 0.15) is 0 Å². The molecular formula is C18H21N3O3. The Kier molecular flexibility index (Phi) is 5.89. The molecule has 1 unspecified atom stereocenters. The molecular weight excluding hydrogens is 306 g/mol. The smallest absolute Gasteiger partial charge is 0.337 e. The lowest BCUT2D eigenvalue weighted by atomic mass is 10.2. The summed E-state index contributed by atoms with van der Waals surface area (Å²) in [6.45, 7) is 3.97. The zero-order valence-electron chi connectivity index (χ0n) is 14.0. The molecule has 0 aliphatic heterocycles. The summed E-state index contributed by atoms with van der Waals surface area (Å²) < 4.78 is 4.66. The van der Waals surface area contributed by atoms with E-state index in [9.17, 15) is 9.59 Å². The van der Waals surface area contributed by atoms with Gasteiger partial charge in [-0.1, -0.05) is 6.92 Å². The first-order chi connectivity index (χ1) is 11.5. The Morgan fingerprint density at radius 1 is 1.12 bits per heavy atom. The summed E-state index contributed by atoms with van der Waals surface area (Å²) in [6.07, 6.45) is 4.03. The molecule has 1 heterocycles. The van der Waals surface area contributed by atoms with Crippen LogP contribution in [0, 0.1) is 0 Å². The number of aromatic nitrogens is 1. The fourth-order valence-electron chi connectivity index (χ4n) is 2.02. The van der Waals surface area contributed by atoms with Gasteiger partial charge in [0.2, 0.25) is 0 Å². The summed E-state index contributed by atoms with van der Waals surface area (Å²) in [5, 5.41) is 6.06. The molecule has 0 spiro atoms. The summed E-state index contributed by atoms with van der Waals surface area (Å²) in [6, 6.07) is 8.71. The molecule has 24 heavy (non-hydrogen) atoms. The highest BCUT2D eigenvalue weighted by atomic mass is 16.5. The van der Waals surface area contributed by atoms with Crippen LogP contribution in [0.4, 0.5) is 11.4 Å². The van der Waals surface area contributed by atoms with Crippen molar-refractivity contribution in [1.82, 2.24) is 10.3 Å². The molecule has 1 aromatic heterocycles. The number of carbonyl (C=O) groups excluding carboxylic acids is 2. The second-order valence-electron chi connectivity index (χ2n) is 5.44. The summed E-state index contributed by atoms with van der Waals surface area (Å²) in [5.41, 5.74) is 2.44. The summed E-state index contributed by atoms with van der Waals surface area (Å²) in [7, 11) is 1.34. The van der Waals surface area contributed by atoms with E-state index < -0.39 is 0 Å². The van der Waals surface area contributed by atoms with Crippen molar-refractivity contribution in [3.05, 3.63) is 53.9 Å². The van der Waals surface area contributed by atoms with Crippen molar-refractivity contribution in [2.24, 2.45) is 0 Å². The van der Waals surface area contributed by atoms with Gasteiger partial charge in [-0.05, 0) is 43.7 Å². The minimum Gasteiger partial charge on any atom is -0.465 e. The average Bonchev–Trinajstić information content (AvgIpc) is 2.61. The van der Waals surface area contributed by atoms with Crippen LogP contribution in [0.5, 0.6) is 0 Å². The number of benzene rings is 1. The van der Waals surface area contributed by atoms with E-state index in [2.05, 4.69) is 20.4 Å². The van der Waals surface area contributed by atoms with Crippen LogP contribution in [0.3, 0.4) is 0 Å². The van der Waals surface area contributed by atoms with Crippen molar-refractivity contribution < 1.29 is 14.3 Å². The molecule has 0 radical (unpaired) electrons. The molecule has 0 aliphatic carbocycles. The molecule has 2 rings (SSSR count). The van der Waals surface area contributed by atoms with Crippen LogP contribution in [0.1, 0.15) is 41.0 Å². The van der Waals surface area contributed by atoms with Crippen LogP contribution in [-0.2, 0) is 4.74 Å². The van der Waals surface area contributed by atoms with E-state index in [1.807, 2.05) is 13.8 Å². The van der Waals surface area contributed by atoms with Gasteiger partial charge in [0, 0.05) is 17.9 Å². The summed E-state index contributed by atoms with van der Waals surface area (Å²) in [4.78, 5) is 27.7. The Hall–Kier alpha value is -2.89. The predicted octanol–water partition coefficient (Wildman–Crippen LogP) is 3.14. The number of ether oxygens (including phenoxy) is 1.